The summed E-state index contributed by atoms with van der Waals surface area (Å²) in [5, 5.41) is 0. The van der Waals surface area contributed by atoms with Crippen LogP contribution in [0.4, 0.5) is 5.82 Å². The molecule has 0 N–H and O–H groups in total. The zero-order chi connectivity index (χ0) is 7.56. The van der Waals surface area contributed by atoms with Crippen LogP contribution in [-0.2, 0) is 0 Å². The Balaban J connectivity index is 2.96. The molecule has 1 aromatic rings. The molecular formula is C6H8BBrN2. The van der Waals surface area contributed by atoms with Crippen LogP contribution < -0.4 is 4.81 Å². The lowest BCUT2D eigenvalue weighted by molar-refractivity contribution is 1.18. The van der Waals surface area contributed by atoms with Crippen LogP contribution in [-0.4, -0.2) is 20.0 Å². The summed E-state index contributed by atoms with van der Waals surface area (Å²) in [6, 6.07) is 5.84. The van der Waals surface area contributed by atoms with Crippen molar-refractivity contribution < 1.29 is 0 Å². The Hall–Kier alpha value is -0.505. The lowest BCUT2D eigenvalue weighted by Gasteiger charge is -2.10. The summed E-state index contributed by atoms with van der Waals surface area (Å²) in [6.07, 6.45) is 0. The van der Waals surface area contributed by atoms with Gasteiger partial charge in [-0.05, 0) is 35.1 Å². The Morgan fingerprint density at radius 2 is 2.30 bits per heavy atom. The maximum Gasteiger partial charge on any atom is 0.219 e. The Labute approximate surface area is 69.8 Å². The molecular weight excluding hydrogens is 191 g/mol. The van der Waals surface area contributed by atoms with Gasteiger partial charge in [0.05, 0.1) is 0 Å². The predicted molar refractivity (Wildman–Crippen MR) is 48.9 cm³/mol. The zero-order valence-electron chi connectivity index (χ0n) is 6.00. The minimum absolute atomic E-state index is 0.874. The minimum atomic E-state index is 0.874. The summed E-state index contributed by atoms with van der Waals surface area (Å²) in [7, 11) is 3.93. The minimum Gasteiger partial charge on any atom is -0.410 e. The fourth-order valence-corrected chi connectivity index (χ4v) is 0.981. The number of pyridine rings is 1. The standard InChI is InChI=1S/C6H8BBrN2/c1-10(7)6-4-2-3-5(8)9-6/h2-4H,7H2,1H3. The first-order valence-electron chi connectivity index (χ1n) is 3.00. The van der Waals surface area contributed by atoms with Crippen molar-refractivity contribution in [2.75, 3.05) is 11.9 Å². The SMILES string of the molecule is BN(C)c1cccc(Br)n1. The van der Waals surface area contributed by atoms with Gasteiger partial charge < -0.3 is 4.81 Å². The topological polar surface area (TPSA) is 16.1 Å². The van der Waals surface area contributed by atoms with Crippen molar-refractivity contribution in [3.63, 3.8) is 0 Å². The van der Waals surface area contributed by atoms with Gasteiger partial charge in [0.1, 0.15) is 10.4 Å². The molecule has 0 saturated heterocycles. The van der Waals surface area contributed by atoms with Gasteiger partial charge in [0, 0.05) is 0 Å². The van der Waals surface area contributed by atoms with E-state index in [0.29, 0.717) is 0 Å². The second-order valence-electron chi connectivity index (χ2n) is 2.21. The molecule has 0 aliphatic carbocycles. The first-order valence-corrected chi connectivity index (χ1v) is 3.79. The zero-order valence-corrected chi connectivity index (χ0v) is 7.59. The highest BCUT2D eigenvalue weighted by Crippen LogP contribution is 2.11. The highest BCUT2D eigenvalue weighted by atomic mass is 79.9. The molecule has 0 aliphatic heterocycles. The van der Waals surface area contributed by atoms with Crippen molar-refractivity contribution in [1.29, 1.82) is 0 Å². The van der Waals surface area contributed by atoms with E-state index in [0.717, 1.165) is 10.4 Å². The van der Waals surface area contributed by atoms with E-state index in [-0.39, 0.29) is 0 Å². The maximum absolute atomic E-state index is 4.22. The van der Waals surface area contributed by atoms with Gasteiger partial charge >= 0.3 is 0 Å². The molecule has 1 heterocycles. The number of hydrogen-bond donors (Lipinski definition) is 0. The van der Waals surface area contributed by atoms with Gasteiger partial charge in [-0.15, -0.1) is 0 Å². The average Bonchev–Trinajstić information content (AvgIpc) is 1.88. The summed E-state index contributed by atoms with van der Waals surface area (Å²) < 4.78 is 0.874. The summed E-state index contributed by atoms with van der Waals surface area (Å²) in [5.41, 5.74) is 0. The number of rotatable bonds is 1. The van der Waals surface area contributed by atoms with Gasteiger partial charge in [-0.1, -0.05) is 6.07 Å². The second kappa shape index (κ2) is 3.06. The van der Waals surface area contributed by atoms with Gasteiger partial charge in [0.15, 0.2) is 0 Å². The fourth-order valence-electron chi connectivity index (χ4n) is 0.647. The van der Waals surface area contributed by atoms with Crippen LogP contribution in [0, 0.1) is 0 Å². The maximum atomic E-state index is 4.22. The summed E-state index contributed by atoms with van der Waals surface area (Å²) in [4.78, 5) is 6.18. The molecule has 2 nitrogen and oxygen atoms in total. The van der Waals surface area contributed by atoms with Crippen LogP contribution in [0.3, 0.4) is 0 Å². The summed E-state index contributed by atoms with van der Waals surface area (Å²) in [6.45, 7) is 0. The molecule has 0 saturated carbocycles. The molecule has 10 heavy (non-hydrogen) atoms. The van der Waals surface area contributed by atoms with E-state index in [1.165, 1.54) is 0 Å². The van der Waals surface area contributed by atoms with E-state index >= 15 is 0 Å². The van der Waals surface area contributed by atoms with Gasteiger partial charge in [0.25, 0.3) is 0 Å². The molecule has 1 aromatic heterocycles. The number of halogens is 1. The second-order valence-corrected chi connectivity index (χ2v) is 3.03. The third-order valence-electron chi connectivity index (χ3n) is 1.16. The summed E-state index contributed by atoms with van der Waals surface area (Å²) >= 11 is 3.29. The number of anilines is 1. The van der Waals surface area contributed by atoms with Gasteiger partial charge in [-0.25, -0.2) is 4.98 Å². The predicted octanol–water partition coefficient (Wildman–Crippen LogP) is 0.828. The van der Waals surface area contributed by atoms with Crippen molar-refractivity contribution >= 4 is 29.7 Å². The molecule has 0 aromatic carbocycles. The van der Waals surface area contributed by atoms with Crippen molar-refractivity contribution in [1.82, 2.24) is 4.98 Å². The molecule has 4 heteroatoms. The van der Waals surface area contributed by atoms with Crippen molar-refractivity contribution in [3.8, 4) is 0 Å². The Bertz CT molecular complexity index is 227. The smallest absolute Gasteiger partial charge is 0.219 e. The van der Waals surface area contributed by atoms with Crippen LogP contribution in [0.15, 0.2) is 22.8 Å². The molecule has 52 valence electrons. The van der Waals surface area contributed by atoms with Gasteiger partial charge in [-0.2, -0.15) is 0 Å². The van der Waals surface area contributed by atoms with Crippen LogP contribution in [0.5, 0.6) is 0 Å². The Morgan fingerprint density at radius 3 is 2.70 bits per heavy atom. The third-order valence-corrected chi connectivity index (χ3v) is 1.60. The number of aromatic nitrogens is 1. The van der Waals surface area contributed by atoms with E-state index in [4.69, 9.17) is 0 Å². The van der Waals surface area contributed by atoms with E-state index in [1.807, 2.05) is 38.0 Å². The molecule has 0 amide bonds. The van der Waals surface area contributed by atoms with Crippen LogP contribution in [0.1, 0.15) is 0 Å². The van der Waals surface area contributed by atoms with E-state index in [9.17, 15) is 0 Å². The van der Waals surface area contributed by atoms with Crippen molar-refractivity contribution in [2.45, 2.75) is 0 Å². The van der Waals surface area contributed by atoms with E-state index in [1.54, 1.807) is 0 Å². The Morgan fingerprint density at radius 1 is 1.60 bits per heavy atom. The molecule has 0 bridgehead atoms. The normalized spacial score (nSPS) is 9.40. The molecule has 1 rings (SSSR count). The highest BCUT2D eigenvalue weighted by molar-refractivity contribution is 9.10. The average molecular weight is 199 g/mol. The lowest BCUT2D eigenvalue weighted by atomic mass is 10.3. The van der Waals surface area contributed by atoms with Gasteiger partial charge in [-0.3, -0.25) is 0 Å². The third kappa shape index (κ3) is 1.74. The van der Waals surface area contributed by atoms with Gasteiger partial charge in [0.2, 0.25) is 7.98 Å². The molecule has 0 fully saturated rings. The lowest BCUT2D eigenvalue weighted by Crippen LogP contribution is -2.12. The molecule has 0 spiro atoms. The van der Waals surface area contributed by atoms with Crippen LogP contribution in [0.2, 0.25) is 0 Å². The largest absolute Gasteiger partial charge is 0.410 e. The molecule has 0 unspecified atom stereocenters. The van der Waals surface area contributed by atoms with E-state index < -0.39 is 0 Å². The molecule has 0 atom stereocenters. The monoisotopic (exact) mass is 198 g/mol. The van der Waals surface area contributed by atoms with Crippen molar-refractivity contribution in [2.24, 2.45) is 0 Å². The molecule has 0 aliphatic rings. The quantitative estimate of drug-likeness (QED) is 0.491. The number of hydrogen-bond acceptors (Lipinski definition) is 2. The first kappa shape index (κ1) is 7.60. The first-order chi connectivity index (χ1) is 4.70. The van der Waals surface area contributed by atoms with E-state index in [2.05, 4.69) is 20.9 Å². The highest BCUT2D eigenvalue weighted by Gasteiger charge is 1.94. The molecule has 0 radical (unpaired) electrons. The van der Waals surface area contributed by atoms with Crippen molar-refractivity contribution in [3.05, 3.63) is 22.8 Å². The summed E-state index contributed by atoms with van der Waals surface area (Å²) in [5.74, 6) is 0.967. The number of nitrogens with zero attached hydrogens (tertiary/aromatic N) is 2. The Kier molecular flexibility index (Phi) is 2.32. The fraction of sp³-hybridized carbons (Fsp3) is 0.167. The van der Waals surface area contributed by atoms with Crippen LogP contribution in [0.25, 0.3) is 0 Å². The van der Waals surface area contributed by atoms with Crippen LogP contribution >= 0.6 is 15.9 Å².